The number of benzene rings is 2. The number of nitrogens with one attached hydrogen (secondary N) is 2. The Morgan fingerprint density at radius 2 is 1.62 bits per heavy atom. The van der Waals surface area contributed by atoms with Gasteiger partial charge in [-0.15, -0.1) is 0 Å². The van der Waals surface area contributed by atoms with Gasteiger partial charge in [-0.2, -0.15) is 0 Å². The lowest BCUT2D eigenvalue weighted by molar-refractivity contribution is -1.01. The predicted molar refractivity (Wildman–Crippen MR) is 85.7 cm³/mol. The van der Waals surface area contributed by atoms with Crippen molar-refractivity contribution in [3.05, 3.63) is 59.2 Å². The molecular formula is C19H24N2+2. The minimum absolute atomic E-state index is 1.11. The fraction of sp³-hybridized carbons (Fsp3) is 0.368. The van der Waals surface area contributed by atoms with Gasteiger partial charge in [0.1, 0.15) is 32.7 Å². The summed E-state index contributed by atoms with van der Waals surface area (Å²) in [5, 5.41) is 0. The van der Waals surface area contributed by atoms with Crippen LogP contribution in [0.1, 0.15) is 16.7 Å². The second-order valence-corrected chi connectivity index (χ2v) is 6.71. The largest absolute Gasteiger partial charge is 0.328 e. The zero-order valence-electron chi connectivity index (χ0n) is 12.8. The van der Waals surface area contributed by atoms with Crippen molar-refractivity contribution >= 4 is 0 Å². The predicted octanol–water partition coefficient (Wildman–Crippen LogP) is 0.171. The average molecular weight is 280 g/mol. The van der Waals surface area contributed by atoms with E-state index in [0.29, 0.717) is 0 Å². The number of quaternary nitrogens is 2. The minimum atomic E-state index is 1.11. The number of hydrogen-bond acceptors (Lipinski definition) is 0. The lowest BCUT2D eigenvalue weighted by Crippen LogP contribution is -3.26. The standard InChI is InChI=1S/C19H22N2/c1-20-8-10-21(11-9-20)14-15-6-7-19-17(12-15)13-16-4-2-3-5-18(16)19/h2-7,12H,8-11,13-14H2,1H3/p+2. The third kappa shape index (κ3) is 2.50. The number of likely N-dealkylation sites (N-methyl/N-ethyl adjacent to an activating group) is 1. The quantitative estimate of drug-likeness (QED) is 0.662. The summed E-state index contributed by atoms with van der Waals surface area (Å²) in [5.41, 5.74) is 7.41. The van der Waals surface area contributed by atoms with E-state index in [1.165, 1.54) is 60.5 Å². The minimum Gasteiger partial charge on any atom is -0.328 e. The van der Waals surface area contributed by atoms with Crippen molar-refractivity contribution in [3.8, 4) is 11.1 Å². The lowest BCUT2D eigenvalue weighted by Gasteiger charge is -2.27. The van der Waals surface area contributed by atoms with E-state index in [-0.39, 0.29) is 0 Å². The first-order chi connectivity index (χ1) is 10.3. The van der Waals surface area contributed by atoms with Crippen molar-refractivity contribution in [2.24, 2.45) is 0 Å². The van der Waals surface area contributed by atoms with Crippen LogP contribution in [-0.2, 0) is 13.0 Å². The Morgan fingerprint density at radius 1 is 0.857 bits per heavy atom. The molecule has 2 aliphatic rings. The fourth-order valence-corrected chi connectivity index (χ4v) is 3.80. The highest BCUT2D eigenvalue weighted by molar-refractivity contribution is 5.76. The molecule has 1 fully saturated rings. The van der Waals surface area contributed by atoms with Crippen molar-refractivity contribution in [2.75, 3.05) is 33.2 Å². The third-order valence-corrected chi connectivity index (χ3v) is 5.12. The Bertz CT molecular complexity index is 654. The monoisotopic (exact) mass is 280 g/mol. The maximum Gasteiger partial charge on any atom is 0.127 e. The third-order valence-electron chi connectivity index (χ3n) is 5.12. The highest BCUT2D eigenvalue weighted by atomic mass is 15.2. The summed E-state index contributed by atoms with van der Waals surface area (Å²) in [6.45, 7) is 6.43. The molecule has 108 valence electrons. The van der Waals surface area contributed by atoms with Crippen LogP contribution in [0.2, 0.25) is 0 Å². The first kappa shape index (κ1) is 13.1. The van der Waals surface area contributed by atoms with Crippen LogP contribution in [0.25, 0.3) is 11.1 Å². The van der Waals surface area contributed by atoms with Gasteiger partial charge in [0.2, 0.25) is 0 Å². The van der Waals surface area contributed by atoms with Crippen LogP contribution in [0.5, 0.6) is 0 Å². The molecule has 4 rings (SSSR count). The van der Waals surface area contributed by atoms with Crippen LogP contribution < -0.4 is 9.80 Å². The summed E-state index contributed by atoms with van der Waals surface area (Å²) in [6.07, 6.45) is 1.11. The first-order valence-electron chi connectivity index (χ1n) is 8.14. The van der Waals surface area contributed by atoms with Crippen LogP contribution in [0.3, 0.4) is 0 Å². The van der Waals surface area contributed by atoms with E-state index in [1.807, 2.05) is 0 Å². The molecule has 2 aromatic rings. The molecule has 2 N–H and O–H groups in total. The average Bonchev–Trinajstić information content (AvgIpc) is 2.87. The Hall–Kier alpha value is -1.64. The zero-order chi connectivity index (χ0) is 14.2. The summed E-state index contributed by atoms with van der Waals surface area (Å²) < 4.78 is 0. The van der Waals surface area contributed by atoms with Crippen molar-refractivity contribution in [1.82, 2.24) is 0 Å². The number of piperazine rings is 1. The summed E-state index contributed by atoms with van der Waals surface area (Å²) >= 11 is 0. The Labute approximate surface area is 127 Å². The van der Waals surface area contributed by atoms with Gasteiger partial charge >= 0.3 is 0 Å². The highest BCUT2D eigenvalue weighted by Gasteiger charge is 2.22. The zero-order valence-corrected chi connectivity index (χ0v) is 12.8. The van der Waals surface area contributed by atoms with Gasteiger partial charge in [0.15, 0.2) is 0 Å². The maximum absolute atomic E-state index is 2.45. The molecule has 0 spiro atoms. The van der Waals surface area contributed by atoms with Gasteiger partial charge < -0.3 is 9.80 Å². The molecule has 21 heavy (non-hydrogen) atoms. The first-order valence-corrected chi connectivity index (χ1v) is 8.14. The van der Waals surface area contributed by atoms with E-state index in [0.717, 1.165) is 6.42 Å². The molecule has 0 unspecified atom stereocenters. The molecule has 1 saturated heterocycles. The molecule has 0 saturated carbocycles. The van der Waals surface area contributed by atoms with Gasteiger partial charge in [0, 0.05) is 5.56 Å². The van der Waals surface area contributed by atoms with E-state index >= 15 is 0 Å². The van der Waals surface area contributed by atoms with Gasteiger partial charge in [-0.05, 0) is 34.7 Å². The molecule has 1 aliphatic heterocycles. The normalized spacial score (nSPS) is 23.7. The molecular weight excluding hydrogens is 256 g/mol. The second kappa shape index (κ2) is 5.28. The van der Waals surface area contributed by atoms with Gasteiger partial charge in [-0.25, -0.2) is 0 Å². The lowest BCUT2D eigenvalue weighted by atomic mass is 10.0. The van der Waals surface area contributed by atoms with Crippen LogP contribution in [0.4, 0.5) is 0 Å². The number of fused-ring (bicyclic) bond motifs is 3. The van der Waals surface area contributed by atoms with Crippen LogP contribution in [0, 0.1) is 0 Å². The fourth-order valence-electron chi connectivity index (χ4n) is 3.80. The molecule has 0 amide bonds. The summed E-state index contributed by atoms with van der Waals surface area (Å²) in [5.74, 6) is 0. The molecule has 2 nitrogen and oxygen atoms in total. The summed E-state index contributed by atoms with van der Waals surface area (Å²) in [4.78, 5) is 3.43. The van der Waals surface area contributed by atoms with Gasteiger partial charge in [0.05, 0.1) is 7.05 Å². The molecule has 0 bridgehead atoms. The highest BCUT2D eigenvalue weighted by Crippen LogP contribution is 2.36. The van der Waals surface area contributed by atoms with E-state index in [9.17, 15) is 0 Å². The second-order valence-electron chi connectivity index (χ2n) is 6.71. The summed E-state index contributed by atoms with van der Waals surface area (Å²) in [6, 6.07) is 16.0. The maximum atomic E-state index is 2.45. The molecule has 1 heterocycles. The van der Waals surface area contributed by atoms with E-state index in [1.54, 1.807) is 9.80 Å². The van der Waals surface area contributed by atoms with Crippen molar-refractivity contribution in [2.45, 2.75) is 13.0 Å². The van der Waals surface area contributed by atoms with Gasteiger partial charge in [-0.1, -0.05) is 36.4 Å². The summed E-state index contributed by atoms with van der Waals surface area (Å²) in [7, 11) is 2.31. The Kier molecular flexibility index (Phi) is 3.28. The Balaban J connectivity index is 1.53. The van der Waals surface area contributed by atoms with Crippen LogP contribution >= 0.6 is 0 Å². The smallest absolute Gasteiger partial charge is 0.127 e. The molecule has 2 heteroatoms. The van der Waals surface area contributed by atoms with Gasteiger partial charge in [0.25, 0.3) is 0 Å². The van der Waals surface area contributed by atoms with Crippen LogP contribution in [0.15, 0.2) is 42.5 Å². The molecule has 2 aromatic carbocycles. The van der Waals surface area contributed by atoms with E-state index < -0.39 is 0 Å². The molecule has 1 aliphatic carbocycles. The number of hydrogen-bond donors (Lipinski definition) is 2. The number of rotatable bonds is 2. The van der Waals surface area contributed by atoms with Crippen LogP contribution in [-0.4, -0.2) is 33.2 Å². The molecule has 0 atom stereocenters. The van der Waals surface area contributed by atoms with Crippen molar-refractivity contribution < 1.29 is 9.80 Å². The van der Waals surface area contributed by atoms with Gasteiger partial charge in [-0.3, -0.25) is 0 Å². The topological polar surface area (TPSA) is 8.88 Å². The Morgan fingerprint density at radius 3 is 2.48 bits per heavy atom. The van der Waals surface area contributed by atoms with Crippen molar-refractivity contribution in [1.29, 1.82) is 0 Å². The van der Waals surface area contributed by atoms with E-state index in [4.69, 9.17) is 0 Å². The molecule has 0 aromatic heterocycles. The SMILES string of the molecule is C[NH+]1CC[NH+](Cc2ccc3c(c2)Cc2ccccc2-3)CC1. The molecule has 0 radical (unpaired) electrons. The van der Waals surface area contributed by atoms with Crippen molar-refractivity contribution in [3.63, 3.8) is 0 Å². The van der Waals surface area contributed by atoms with E-state index in [2.05, 4.69) is 49.5 Å².